The molecule has 8 nitrogen and oxygen atoms in total. The molecule has 3 heterocycles. The molecule has 3 aliphatic rings. The lowest BCUT2D eigenvalue weighted by Gasteiger charge is -2.43. The van der Waals surface area contributed by atoms with Crippen LogP contribution in [0.3, 0.4) is 0 Å². The smallest absolute Gasteiger partial charge is 0.320 e. The highest BCUT2D eigenvalue weighted by molar-refractivity contribution is 5.97. The van der Waals surface area contributed by atoms with Crippen LogP contribution < -0.4 is 20.5 Å². The molecule has 5 atom stereocenters. The van der Waals surface area contributed by atoms with Gasteiger partial charge in [0.25, 0.3) is 5.91 Å². The van der Waals surface area contributed by atoms with Gasteiger partial charge < -0.3 is 9.15 Å². The van der Waals surface area contributed by atoms with E-state index in [2.05, 4.69) is 15.7 Å². The molecule has 8 heteroatoms. The topological polar surface area (TPSA) is 96.7 Å². The number of para-hydroxylation sites is 3. The summed E-state index contributed by atoms with van der Waals surface area (Å²) >= 11 is 0. The van der Waals surface area contributed by atoms with Gasteiger partial charge in [0, 0.05) is 18.9 Å². The van der Waals surface area contributed by atoms with Gasteiger partial charge in [-0.1, -0.05) is 30.3 Å². The fraction of sp³-hybridized carbons (Fsp3) is 0.375. The van der Waals surface area contributed by atoms with Crippen molar-refractivity contribution in [1.82, 2.24) is 15.7 Å². The van der Waals surface area contributed by atoms with Crippen LogP contribution in [0, 0.1) is 17.8 Å². The van der Waals surface area contributed by atoms with Crippen molar-refractivity contribution in [3.63, 3.8) is 0 Å². The summed E-state index contributed by atoms with van der Waals surface area (Å²) in [6, 6.07) is 15.5. The zero-order chi connectivity index (χ0) is 21.8. The predicted octanol–water partition coefficient (Wildman–Crippen LogP) is 2.61. The van der Waals surface area contributed by atoms with Gasteiger partial charge in [0.15, 0.2) is 5.58 Å². The van der Waals surface area contributed by atoms with Crippen LogP contribution in [-0.2, 0) is 9.59 Å². The molecule has 164 valence electrons. The van der Waals surface area contributed by atoms with E-state index in [4.69, 9.17) is 9.15 Å². The number of hydrazine groups is 1. The molecule has 1 aliphatic carbocycles. The van der Waals surface area contributed by atoms with E-state index < -0.39 is 0 Å². The van der Waals surface area contributed by atoms with Crippen molar-refractivity contribution in [2.24, 2.45) is 17.8 Å². The van der Waals surface area contributed by atoms with Gasteiger partial charge in [0.1, 0.15) is 17.0 Å². The number of fused-ring (bicyclic) bond motifs is 4. The predicted molar refractivity (Wildman–Crippen MR) is 117 cm³/mol. The third-order valence-corrected chi connectivity index (χ3v) is 7.14. The summed E-state index contributed by atoms with van der Waals surface area (Å²) in [4.78, 5) is 31.1. The number of hydrogen-bond acceptors (Lipinski definition) is 7. The average molecular weight is 432 g/mol. The van der Waals surface area contributed by atoms with Crippen LogP contribution in [0.2, 0.25) is 0 Å². The normalized spacial score (nSPS) is 29.8. The zero-order valence-electron chi connectivity index (χ0n) is 17.7. The number of ketones is 1. The van der Waals surface area contributed by atoms with E-state index in [1.807, 2.05) is 48.5 Å². The number of ether oxygens (including phenoxy) is 1. The van der Waals surface area contributed by atoms with E-state index in [9.17, 15) is 9.59 Å². The standard InChI is InChI=1S/C24H24N4O4/c1-31-19-8-4-2-6-14(19)13-10-15-16(18(29)11-13)12-25-22-21(15)23(30)28(27-22)24-26-17-7-3-5-9-20(17)32-24/h2-9,13,15-16,21-22,25,27H,10-12H2,1H3. The molecule has 0 spiro atoms. The molecule has 1 saturated carbocycles. The zero-order valence-corrected chi connectivity index (χ0v) is 17.7. The average Bonchev–Trinajstić information content (AvgIpc) is 3.40. The lowest BCUT2D eigenvalue weighted by Crippen LogP contribution is -2.57. The number of carbonyl (C=O) groups is 2. The number of piperidine rings is 1. The van der Waals surface area contributed by atoms with Gasteiger partial charge >= 0.3 is 6.01 Å². The van der Waals surface area contributed by atoms with Crippen molar-refractivity contribution in [3.8, 4) is 5.75 Å². The third-order valence-electron chi connectivity index (χ3n) is 7.14. The highest BCUT2D eigenvalue weighted by Crippen LogP contribution is 2.47. The monoisotopic (exact) mass is 432 g/mol. The molecular formula is C24H24N4O4. The third kappa shape index (κ3) is 2.94. The highest BCUT2D eigenvalue weighted by atomic mass is 16.5. The fourth-order valence-corrected chi connectivity index (χ4v) is 5.65. The largest absolute Gasteiger partial charge is 0.496 e. The summed E-state index contributed by atoms with van der Waals surface area (Å²) in [5, 5.41) is 4.77. The minimum Gasteiger partial charge on any atom is -0.496 e. The molecule has 3 aromatic rings. The Hall–Kier alpha value is -3.23. The molecule has 2 aromatic carbocycles. The molecule has 6 rings (SSSR count). The Morgan fingerprint density at radius 1 is 1.12 bits per heavy atom. The first-order chi connectivity index (χ1) is 15.6. The van der Waals surface area contributed by atoms with Crippen molar-refractivity contribution in [3.05, 3.63) is 54.1 Å². The maximum atomic E-state index is 13.5. The molecule has 2 N–H and O–H groups in total. The highest BCUT2D eigenvalue weighted by Gasteiger charge is 2.55. The number of rotatable bonds is 3. The number of nitrogens with zero attached hydrogens (tertiary/aromatic N) is 2. The maximum Gasteiger partial charge on any atom is 0.320 e. The summed E-state index contributed by atoms with van der Waals surface area (Å²) in [5.74, 6) is 0.310. The number of carbonyl (C=O) groups excluding carboxylic acids is 2. The van der Waals surface area contributed by atoms with E-state index in [0.29, 0.717) is 24.1 Å². The SMILES string of the molecule is COc1ccccc1C1CC(=O)C2CNC3NN(c4nc5ccccc5o4)C(=O)C3C2C1. The van der Waals surface area contributed by atoms with Crippen molar-refractivity contribution in [2.45, 2.75) is 24.9 Å². The number of methoxy groups -OCH3 is 1. The van der Waals surface area contributed by atoms with E-state index in [-0.39, 0.29) is 47.5 Å². The Morgan fingerprint density at radius 2 is 1.94 bits per heavy atom. The van der Waals surface area contributed by atoms with Crippen LogP contribution in [0.15, 0.2) is 52.9 Å². The molecule has 32 heavy (non-hydrogen) atoms. The van der Waals surface area contributed by atoms with Crippen LogP contribution in [0.5, 0.6) is 5.75 Å². The molecule has 2 aliphatic heterocycles. The number of Topliss-reactive ketones (excluding diaryl/α,β-unsaturated/α-hetero) is 1. The van der Waals surface area contributed by atoms with Gasteiger partial charge in [-0.2, -0.15) is 9.99 Å². The fourth-order valence-electron chi connectivity index (χ4n) is 5.65. The number of amides is 1. The Labute approximate surface area is 184 Å². The van der Waals surface area contributed by atoms with Crippen LogP contribution in [0.1, 0.15) is 24.3 Å². The quantitative estimate of drug-likeness (QED) is 0.657. The lowest BCUT2D eigenvalue weighted by atomic mass is 9.64. The maximum absolute atomic E-state index is 13.5. The summed E-state index contributed by atoms with van der Waals surface area (Å²) in [6.45, 7) is 0.561. The number of hydrogen-bond donors (Lipinski definition) is 2. The van der Waals surface area contributed by atoms with Crippen LogP contribution in [-0.4, -0.2) is 36.5 Å². The van der Waals surface area contributed by atoms with Crippen molar-refractivity contribution < 1.29 is 18.7 Å². The van der Waals surface area contributed by atoms with E-state index >= 15 is 0 Å². The van der Waals surface area contributed by atoms with Gasteiger partial charge in [-0.3, -0.25) is 14.9 Å². The van der Waals surface area contributed by atoms with Gasteiger partial charge in [0.05, 0.1) is 19.2 Å². The Bertz CT molecular complexity index is 1170. The number of anilines is 1. The first-order valence-electron chi connectivity index (χ1n) is 11.0. The first-order valence-corrected chi connectivity index (χ1v) is 11.0. The Balaban J connectivity index is 1.31. The van der Waals surface area contributed by atoms with Crippen LogP contribution in [0.4, 0.5) is 6.01 Å². The van der Waals surface area contributed by atoms with Crippen molar-refractivity contribution in [1.29, 1.82) is 0 Å². The van der Waals surface area contributed by atoms with Crippen molar-refractivity contribution >= 4 is 28.8 Å². The van der Waals surface area contributed by atoms with Crippen molar-refractivity contribution in [2.75, 3.05) is 18.7 Å². The summed E-state index contributed by atoms with van der Waals surface area (Å²) in [5.41, 5.74) is 5.58. The molecule has 1 amide bonds. The Morgan fingerprint density at radius 3 is 2.78 bits per heavy atom. The second-order valence-electron chi connectivity index (χ2n) is 8.79. The van der Waals surface area contributed by atoms with Crippen LogP contribution >= 0.6 is 0 Å². The van der Waals surface area contributed by atoms with E-state index in [1.54, 1.807) is 7.11 Å². The molecule has 5 unspecified atom stereocenters. The van der Waals surface area contributed by atoms with Gasteiger partial charge in [0.2, 0.25) is 0 Å². The summed E-state index contributed by atoms with van der Waals surface area (Å²) in [7, 11) is 1.65. The van der Waals surface area contributed by atoms with Gasteiger partial charge in [-0.15, -0.1) is 0 Å². The molecular weight excluding hydrogens is 408 g/mol. The lowest BCUT2D eigenvalue weighted by molar-refractivity contribution is -0.133. The second kappa shape index (κ2) is 7.43. The summed E-state index contributed by atoms with van der Waals surface area (Å²) in [6.07, 6.45) is 0.967. The molecule has 2 saturated heterocycles. The molecule has 0 radical (unpaired) electrons. The van der Waals surface area contributed by atoms with Gasteiger partial charge in [-0.05, 0) is 42.0 Å². The molecule has 3 fully saturated rings. The number of nitrogens with one attached hydrogen (secondary N) is 2. The van der Waals surface area contributed by atoms with E-state index in [1.165, 1.54) is 5.01 Å². The minimum atomic E-state index is -0.370. The first kappa shape index (κ1) is 19.5. The molecule has 1 aromatic heterocycles. The summed E-state index contributed by atoms with van der Waals surface area (Å²) < 4.78 is 11.4. The minimum absolute atomic E-state index is 0.0322. The van der Waals surface area contributed by atoms with E-state index in [0.717, 1.165) is 17.7 Å². The number of oxazole rings is 1. The molecule has 0 bridgehead atoms. The number of benzene rings is 2. The second-order valence-corrected chi connectivity index (χ2v) is 8.79. The number of aromatic nitrogens is 1. The van der Waals surface area contributed by atoms with Crippen LogP contribution in [0.25, 0.3) is 11.1 Å². The van der Waals surface area contributed by atoms with Gasteiger partial charge in [-0.25, -0.2) is 5.43 Å². The Kier molecular flexibility index (Phi) is 4.51.